The van der Waals surface area contributed by atoms with Crippen molar-refractivity contribution in [1.82, 2.24) is 15.5 Å². The molecule has 1 saturated heterocycles. The molecule has 32 heavy (non-hydrogen) atoms. The van der Waals surface area contributed by atoms with E-state index in [0.29, 0.717) is 0 Å². The number of piperazine rings is 1. The lowest BCUT2D eigenvalue weighted by atomic mass is 10.1. The number of benzene rings is 2. The third-order valence-electron chi connectivity index (χ3n) is 6.37. The normalized spacial score (nSPS) is 16.5. The Morgan fingerprint density at radius 3 is 2.59 bits per heavy atom. The van der Waals surface area contributed by atoms with E-state index in [-0.39, 0.29) is 0 Å². The summed E-state index contributed by atoms with van der Waals surface area (Å²) >= 11 is 0. The zero-order valence-electron chi connectivity index (χ0n) is 19.4. The lowest BCUT2D eigenvalue weighted by Gasteiger charge is -2.36. The van der Waals surface area contributed by atoms with Gasteiger partial charge in [0.15, 0.2) is 5.96 Å². The minimum atomic E-state index is 0.817. The Bertz CT molecular complexity index is 862. The molecule has 0 amide bonds. The molecule has 0 radical (unpaired) electrons. The molecule has 2 N–H and O–H groups in total. The van der Waals surface area contributed by atoms with E-state index in [1.807, 2.05) is 7.05 Å². The van der Waals surface area contributed by atoms with Crippen molar-refractivity contribution in [2.24, 2.45) is 4.99 Å². The molecule has 6 nitrogen and oxygen atoms in total. The first kappa shape index (κ1) is 22.5. The Morgan fingerprint density at radius 2 is 1.78 bits per heavy atom. The number of para-hydroxylation sites is 1. The molecule has 2 aliphatic heterocycles. The van der Waals surface area contributed by atoms with Gasteiger partial charge in [-0.2, -0.15) is 0 Å². The van der Waals surface area contributed by atoms with Crippen LogP contribution >= 0.6 is 0 Å². The van der Waals surface area contributed by atoms with Gasteiger partial charge in [0.1, 0.15) is 5.75 Å². The number of guanidine groups is 1. The van der Waals surface area contributed by atoms with Crippen molar-refractivity contribution in [3.05, 3.63) is 59.7 Å². The number of unbranched alkanes of at least 4 members (excludes halogenated alkanes) is 1. The summed E-state index contributed by atoms with van der Waals surface area (Å²) in [5.74, 6) is 1.95. The van der Waals surface area contributed by atoms with Crippen molar-refractivity contribution in [1.29, 1.82) is 0 Å². The van der Waals surface area contributed by atoms with Gasteiger partial charge in [-0.05, 0) is 55.1 Å². The van der Waals surface area contributed by atoms with Crippen molar-refractivity contribution in [3.8, 4) is 5.75 Å². The number of aliphatic imine (C=N–C) groups is 1. The van der Waals surface area contributed by atoms with E-state index in [9.17, 15) is 0 Å². The van der Waals surface area contributed by atoms with E-state index in [1.165, 1.54) is 29.8 Å². The highest BCUT2D eigenvalue weighted by atomic mass is 16.5. The zero-order valence-corrected chi connectivity index (χ0v) is 19.4. The minimum Gasteiger partial charge on any atom is -0.493 e. The first-order valence-electron chi connectivity index (χ1n) is 12.0. The molecule has 2 aliphatic rings. The van der Waals surface area contributed by atoms with Gasteiger partial charge >= 0.3 is 0 Å². The SMILES string of the molecule is CN=C(NCCCCN1CCN(c2ccccc2)CC1)NCCc1ccc2c(c1)CCO2. The van der Waals surface area contributed by atoms with Gasteiger partial charge in [-0.3, -0.25) is 9.89 Å². The van der Waals surface area contributed by atoms with Crippen LogP contribution in [-0.4, -0.2) is 70.3 Å². The lowest BCUT2D eigenvalue weighted by molar-refractivity contribution is 0.253. The van der Waals surface area contributed by atoms with Gasteiger partial charge in [0.05, 0.1) is 6.61 Å². The molecule has 1 fully saturated rings. The molecule has 6 heteroatoms. The summed E-state index contributed by atoms with van der Waals surface area (Å²) in [5.41, 5.74) is 4.04. The summed E-state index contributed by atoms with van der Waals surface area (Å²) in [7, 11) is 1.84. The van der Waals surface area contributed by atoms with Gasteiger partial charge in [-0.15, -0.1) is 0 Å². The van der Waals surface area contributed by atoms with Crippen LogP contribution in [-0.2, 0) is 12.8 Å². The molecule has 2 heterocycles. The van der Waals surface area contributed by atoms with Crippen LogP contribution in [0.4, 0.5) is 5.69 Å². The van der Waals surface area contributed by atoms with Crippen LogP contribution in [0.3, 0.4) is 0 Å². The molecule has 0 bridgehead atoms. The monoisotopic (exact) mass is 435 g/mol. The number of nitrogens with one attached hydrogen (secondary N) is 2. The number of rotatable bonds is 9. The first-order valence-corrected chi connectivity index (χ1v) is 12.0. The van der Waals surface area contributed by atoms with Gasteiger partial charge in [0, 0.05) is 58.4 Å². The van der Waals surface area contributed by atoms with Gasteiger partial charge in [0.2, 0.25) is 0 Å². The minimum absolute atomic E-state index is 0.817. The maximum atomic E-state index is 5.59. The Morgan fingerprint density at radius 1 is 0.969 bits per heavy atom. The highest BCUT2D eigenvalue weighted by Crippen LogP contribution is 2.25. The third kappa shape index (κ3) is 6.39. The number of fused-ring (bicyclic) bond motifs is 1. The van der Waals surface area contributed by atoms with Crippen molar-refractivity contribution >= 4 is 11.6 Å². The molecule has 0 aliphatic carbocycles. The van der Waals surface area contributed by atoms with E-state index in [2.05, 4.69) is 74.0 Å². The van der Waals surface area contributed by atoms with Gasteiger partial charge < -0.3 is 20.3 Å². The summed E-state index contributed by atoms with van der Waals surface area (Å²) in [6.07, 6.45) is 4.39. The summed E-state index contributed by atoms with van der Waals surface area (Å²) in [6, 6.07) is 17.3. The predicted octanol–water partition coefficient (Wildman–Crippen LogP) is 2.93. The quantitative estimate of drug-likeness (QED) is 0.360. The molecule has 0 spiro atoms. The maximum Gasteiger partial charge on any atom is 0.190 e. The Labute approximate surface area is 192 Å². The number of ether oxygens (including phenoxy) is 1. The summed E-state index contributed by atoms with van der Waals surface area (Å²) in [4.78, 5) is 9.44. The first-order chi connectivity index (χ1) is 15.8. The standard InChI is InChI=1S/C26H37N5O/c1-27-26(29-14-11-22-9-10-25-23(21-22)12-20-32-25)28-13-5-6-15-30-16-18-31(19-17-30)24-7-3-2-4-8-24/h2-4,7-10,21H,5-6,11-20H2,1H3,(H2,27,28,29). The average Bonchev–Trinajstić information content (AvgIpc) is 3.32. The van der Waals surface area contributed by atoms with Crippen LogP contribution in [0.15, 0.2) is 53.5 Å². The molecule has 0 aromatic heterocycles. The van der Waals surface area contributed by atoms with Crippen LogP contribution in [0, 0.1) is 0 Å². The second kappa shape index (κ2) is 11.8. The Hall–Kier alpha value is -2.73. The van der Waals surface area contributed by atoms with Crippen LogP contribution < -0.4 is 20.3 Å². The molecule has 0 atom stereocenters. The topological polar surface area (TPSA) is 52.1 Å². The highest BCUT2D eigenvalue weighted by Gasteiger charge is 2.16. The van der Waals surface area contributed by atoms with Crippen LogP contribution in [0.5, 0.6) is 5.75 Å². The van der Waals surface area contributed by atoms with Gasteiger partial charge in [0.25, 0.3) is 0 Å². The molecular weight excluding hydrogens is 398 g/mol. The van der Waals surface area contributed by atoms with Gasteiger partial charge in [-0.1, -0.05) is 30.3 Å². The molecule has 0 unspecified atom stereocenters. The van der Waals surface area contributed by atoms with Crippen LogP contribution in [0.2, 0.25) is 0 Å². The van der Waals surface area contributed by atoms with E-state index >= 15 is 0 Å². The number of anilines is 1. The van der Waals surface area contributed by atoms with E-state index in [1.54, 1.807) is 0 Å². The molecular formula is C26H37N5O. The molecule has 0 saturated carbocycles. The van der Waals surface area contributed by atoms with Crippen molar-refractivity contribution in [3.63, 3.8) is 0 Å². The molecule has 2 aromatic carbocycles. The lowest BCUT2D eigenvalue weighted by Crippen LogP contribution is -2.46. The number of hydrogen-bond donors (Lipinski definition) is 2. The second-order valence-electron chi connectivity index (χ2n) is 8.59. The van der Waals surface area contributed by atoms with E-state index in [0.717, 1.165) is 76.8 Å². The van der Waals surface area contributed by atoms with Crippen molar-refractivity contribution in [2.75, 3.05) is 64.4 Å². The molecule has 2 aromatic rings. The fraction of sp³-hybridized carbons (Fsp3) is 0.500. The van der Waals surface area contributed by atoms with E-state index < -0.39 is 0 Å². The fourth-order valence-electron chi connectivity index (χ4n) is 4.48. The average molecular weight is 436 g/mol. The maximum absolute atomic E-state index is 5.59. The Balaban J connectivity index is 1.06. The van der Waals surface area contributed by atoms with Crippen molar-refractivity contribution in [2.45, 2.75) is 25.7 Å². The van der Waals surface area contributed by atoms with Crippen LogP contribution in [0.25, 0.3) is 0 Å². The number of nitrogens with zero attached hydrogens (tertiary/aromatic N) is 3. The Kier molecular flexibility index (Phi) is 8.26. The fourth-order valence-corrected chi connectivity index (χ4v) is 4.48. The van der Waals surface area contributed by atoms with Crippen LogP contribution in [0.1, 0.15) is 24.0 Å². The molecule has 4 rings (SSSR count). The van der Waals surface area contributed by atoms with E-state index in [4.69, 9.17) is 4.74 Å². The largest absolute Gasteiger partial charge is 0.493 e. The van der Waals surface area contributed by atoms with Crippen molar-refractivity contribution < 1.29 is 4.74 Å². The highest BCUT2D eigenvalue weighted by molar-refractivity contribution is 5.79. The van der Waals surface area contributed by atoms with Gasteiger partial charge in [-0.25, -0.2) is 0 Å². The third-order valence-corrected chi connectivity index (χ3v) is 6.37. The predicted molar refractivity (Wildman–Crippen MR) is 133 cm³/mol. The summed E-state index contributed by atoms with van der Waals surface area (Å²) in [6.45, 7) is 8.38. The zero-order chi connectivity index (χ0) is 22.0. The number of hydrogen-bond acceptors (Lipinski definition) is 4. The second-order valence-corrected chi connectivity index (χ2v) is 8.59. The molecule has 172 valence electrons. The summed E-state index contributed by atoms with van der Waals surface area (Å²) < 4.78 is 5.59. The smallest absolute Gasteiger partial charge is 0.190 e. The summed E-state index contributed by atoms with van der Waals surface area (Å²) in [5, 5.41) is 6.89.